The van der Waals surface area contributed by atoms with E-state index in [4.69, 9.17) is 11.0 Å². The molecule has 0 amide bonds. The molecule has 4 heteroatoms. The van der Waals surface area contributed by atoms with Crippen LogP contribution in [0.1, 0.15) is 37.7 Å². The van der Waals surface area contributed by atoms with Gasteiger partial charge in [-0.05, 0) is 6.92 Å². The number of nitriles is 1. The molecule has 2 N–H and O–H groups in total. The van der Waals surface area contributed by atoms with Crippen LogP contribution in [0, 0.1) is 18.3 Å². The van der Waals surface area contributed by atoms with Crippen LogP contribution in [-0.4, -0.2) is 9.97 Å². The van der Waals surface area contributed by atoms with Gasteiger partial charge in [-0.1, -0.05) is 20.8 Å². The van der Waals surface area contributed by atoms with Crippen molar-refractivity contribution in [3.8, 4) is 6.07 Å². The molecule has 1 heterocycles. The number of nitrogens with zero attached hydrogens (tertiary/aromatic N) is 3. The summed E-state index contributed by atoms with van der Waals surface area (Å²) in [7, 11) is 0. The van der Waals surface area contributed by atoms with E-state index in [1.54, 1.807) is 6.92 Å². The van der Waals surface area contributed by atoms with Gasteiger partial charge in [-0.3, -0.25) is 0 Å². The fourth-order valence-corrected chi connectivity index (χ4v) is 1.27. The van der Waals surface area contributed by atoms with E-state index >= 15 is 0 Å². The second-order valence-electron chi connectivity index (χ2n) is 4.25. The first-order valence-electron chi connectivity index (χ1n) is 4.41. The van der Waals surface area contributed by atoms with Crippen LogP contribution < -0.4 is 5.73 Å². The molecule has 0 atom stereocenters. The maximum atomic E-state index is 8.98. The Labute approximate surface area is 83.8 Å². The lowest BCUT2D eigenvalue weighted by Gasteiger charge is -2.19. The van der Waals surface area contributed by atoms with Crippen molar-refractivity contribution >= 4 is 5.95 Å². The van der Waals surface area contributed by atoms with E-state index < -0.39 is 0 Å². The predicted octanol–water partition coefficient (Wildman–Crippen LogP) is 1.54. The Kier molecular flexibility index (Phi) is 2.43. The molecule has 4 nitrogen and oxygen atoms in total. The first-order valence-corrected chi connectivity index (χ1v) is 4.41. The number of aryl methyl sites for hydroxylation is 1. The van der Waals surface area contributed by atoms with E-state index in [9.17, 15) is 0 Å². The van der Waals surface area contributed by atoms with Gasteiger partial charge in [-0.2, -0.15) is 5.26 Å². The zero-order valence-corrected chi connectivity index (χ0v) is 8.92. The normalized spacial score (nSPS) is 11.1. The number of nitrogens with two attached hydrogens (primary N) is 1. The summed E-state index contributed by atoms with van der Waals surface area (Å²) in [6, 6.07) is 2.12. The monoisotopic (exact) mass is 190 g/mol. The summed E-state index contributed by atoms with van der Waals surface area (Å²) in [5.41, 5.74) is 7.25. The molecule has 0 saturated heterocycles. The van der Waals surface area contributed by atoms with Crippen LogP contribution in [-0.2, 0) is 5.41 Å². The van der Waals surface area contributed by atoms with Gasteiger partial charge >= 0.3 is 0 Å². The average molecular weight is 190 g/mol. The molecular formula is C10H14N4. The Morgan fingerprint density at radius 3 is 2.29 bits per heavy atom. The molecule has 1 aromatic heterocycles. The second kappa shape index (κ2) is 3.26. The van der Waals surface area contributed by atoms with Crippen molar-refractivity contribution in [3.63, 3.8) is 0 Å². The lowest BCUT2D eigenvalue weighted by atomic mass is 9.88. The topological polar surface area (TPSA) is 75.6 Å². The van der Waals surface area contributed by atoms with Crippen molar-refractivity contribution in [1.29, 1.82) is 5.26 Å². The number of hydrogen-bond acceptors (Lipinski definition) is 4. The molecule has 0 aliphatic heterocycles. The third-order valence-corrected chi connectivity index (χ3v) is 1.93. The fraction of sp³-hybridized carbons (Fsp3) is 0.500. The van der Waals surface area contributed by atoms with Crippen molar-refractivity contribution in [3.05, 3.63) is 17.0 Å². The first kappa shape index (κ1) is 10.5. The highest BCUT2D eigenvalue weighted by Gasteiger charge is 2.22. The smallest absolute Gasteiger partial charge is 0.220 e. The van der Waals surface area contributed by atoms with Crippen LogP contribution in [0.25, 0.3) is 0 Å². The van der Waals surface area contributed by atoms with E-state index in [-0.39, 0.29) is 11.4 Å². The van der Waals surface area contributed by atoms with Crippen LogP contribution in [0.4, 0.5) is 5.95 Å². The average Bonchev–Trinajstić information content (AvgIpc) is 2.01. The van der Waals surface area contributed by atoms with Gasteiger partial charge in [0.15, 0.2) is 0 Å². The number of hydrogen-bond donors (Lipinski definition) is 1. The van der Waals surface area contributed by atoms with Crippen molar-refractivity contribution < 1.29 is 0 Å². The number of aromatic nitrogens is 2. The fourth-order valence-electron chi connectivity index (χ4n) is 1.27. The lowest BCUT2D eigenvalue weighted by molar-refractivity contribution is 0.565. The largest absolute Gasteiger partial charge is 0.368 e. The van der Waals surface area contributed by atoms with Gasteiger partial charge in [0.1, 0.15) is 6.07 Å². The molecular weight excluding hydrogens is 176 g/mol. The van der Waals surface area contributed by atoms with Crippen LogP contribution in [0.5, 0.6) is 0 Å². The minimum Gasteiger partial charge on any atom is -0.368 e. The third kappa shape index (κ3) is 1.82. The molecule has 0 radical (unpaired) electrons. The Bertz CT molecular complexity index is 396. The molecule has 0 saturated carbocycles. The highest BCUT2D eigenvalue weighted by Crippen LogP contribution is 2.25. The Hall–Kier alpha value is -1.63. The van der Waals surface area contributed by atoms with E-state index in [1.807, 2.05) is 20.8 Å². The van der Waals surface area contributed by atoms with Crippen molar-refractivity contribution in [2.75, 3.05) is 5.73 Å². The molecule has 0 aromatic carbocycles. The quantitative estimate of drug-likeness (QED) is 0.673. The van der Waals surface area contributed by atoms with E-state index in [1.165, 1.54) is 0 Å². The molecule has 0 spiro atoms. The highest BCUT2D eigenvalue weighted by atomic mass is 15.0. The van der Waals surface area contributed by atoms with Gasteiger partial charge < -0.3 is 5.73 Å². The lowest BCUT2D eigenvalue weighted by Crippen LogP contribution is -2.18. The van der Waals surface area contributed by atoms with Gasteiger partial charge in [0.2, 0.25) is 5.95 Å². The Balaban J connectivity index is 3.50. The number of nitrogen functional groups attached to an aromatic ring is 1. The molecule has 14 heavy (non-hydrogen) atoms. The molecule has 0 aliphatic carbocycles. The van der Waals surface area contributed by atoms with Gasteiger partial charge in [0.05, 0.1) is 17.0 Å². The molecule has 0 unspecified atom stereocenters. The molecule has 74 valence electrons. The van der Waals surface area contributed by atoms with E-state index in [2.05, 4.69) is 16.0 Å². The molecule has 1 aromatic rings. The molecule has 0 fully saturated rings. The van der Waals surface area contributed by atoms with Gasteiger partial charge in [0.25, 0.3) is 0 Å². The molecule has 0 bridgehead atoms. The summed E-state index contributed by atoms with van der Waals surface area (Å²) < 4.78 is 0. The van der Waals surface area contributed by atoms with Crippen LogP contribution >= 0.6 is 0 Å². The Morgan fingerprint density at radius 1 is 1.29 bits per heavy atom. The molecule has 0 aliphatic rings. The number of rotatable bonds is 0. The summed E-state index contributed by atoms with van der Waals surface area (Å²) in [6.07, 6.45) is 0. The van der Waals surface area contributed by atoms with Crippen molar-refractivity contribution in [2.24, 2.45) is 0 Å². The van der Waals surface area contributed by atoms with Gasteiger partial charge in [-0.25, -0.2) is 9.97 Å². The summed E-state index contributed by atoms with van der Waals surface area (Å²) in [5, 5.41) is 8.98. The van der Waals surface area contributed by atoms with Crippen LogP contribution in [0.3, 0.4) is 0 Å². The summed E-state index contributed by atoms with van der Waals surface area (Å²) in [5.74, 6) is 0.228. The zero-order valence-electron chi connectivity index (χ0n) is 8.92. The molecule has 1 rings (SSSR count). The summed E-state index contributed by atoms with van der Waals surface area (Å²) in [4.78, 5) is 8.08. The minimum absolute atomic E-state index is 0.188. The van der Waals surface area contributed by atoms with Crippen molar-refractivity contribution in [1.82, 2.24) is 9.97 Å². The number of anilines is 1. The van der Waals surface area contributed by atoms with Gasteiger partial charge in [-0.15, -0.1) is 0 Å². The third-order valence-electron chi connectivity index (χ3n) is 1.93. The predicted molar refractivity (Wildman–Crippen MR) is 54.6 cm³/mol. The minimum atomic E-state index is -0.188. The van der Waals surface area contributed by atoms with Crippen LogP contribution in [0.2, 0.25) is 0 Å². The maximum Gasteiger partial charge on any atom is 0.220 e. The standard InChI is InChI=1S/C10H14N4/c1-6-7(5-11)8(10(2,3)4)14-9(12)13-6/h1-4H3,(H2,12,13,14). The first-order chi connectivity index (χ1) is 6.36. The van der Waals surface area contributed by atoms with E-state index in [0.717, 1.165) is 0 Å². The SMILES string of the molecule is Cc1nc(N)nc(C(C)(C)C)c1C#N. The second-order valence-corrected chi connectivity index (χ2v) is 4.25. The summed E-state index contributed by atoms with van der Waals surface area (Å²) in [6.45, 7) is 7.75. The van der Waals surface area contributed by atoms with E-state index in [0.29, 0.717) is 17.0 Å². The Morgan fingerprint density at radius 2 is 1.86 bits per heavy atom. The highest BCUT2D eigenvalue weighted by molar-refractivity contribution is 5.43. The summed E-state index contributed by atoms with van der Waals surface area (Å²) >= 11 is 0. The van der Waals surface area contributed by atoms with Gasteiger partial charge in [0, 0.05) is 5.41 Å². The zero-order chi connectivity index (χ0) is 10.9. The van der Waals surface area contributed by atoms with Crippen LogP contribution in [0.15, 0.2) is 0 Å². The maximum absolute atomic E-state index is 8.98. The van der Waals surface area contributed by atoms with Crippen molar-refractivity contribution in [2.45, 2.75) is 33.1 Å².